The molecule has 0 spiro atoms. The second-order valence-corrected chi connectivity index (χ2v) is 12.2. The second kappa shape index (κ2) is 11.7. The zero-order valence-electron chi connectivity index (χ0n) is 22.2. The number of aliphatic hydroxyl groups excluding tert-OH is 3. The van der Waals surface area contributed by atoms with E-state index in [0.717, 1.165) is 18.4 Å². The summed E-state index contributed by atoms with van der Waals surface area (Å²) in [6, 6.07) is 0. The Bertz CT molecular complexity index is 1010. The Morgan fingerprint density at radius 3 is 2.58 bits per heavy atom. The molecule has 3 N–H and O–H groups in total. The van der Waals surface area contributed by atoms with Gasteiger partial charge in [-0.15, -0.1) is 11.3 Å². The van der Waals surface area contributed by atoms with Crippen LogP contribution in [-0.4, -0.2) is 50.4 Å². The van der Waals surface area contributed by atoms with E-state index in [2.05, 4.69) is 18.0 Å². The summed E-state index contributed by atoms with van der Waals surface area (Å²) in [5.41, 5.74) is 1.49. The van der Waals surface area contributed by atoms with Gasteiger partial charge in [0.2, 0.25) is 0 Å². The maximum atomic E-state index is 13.3. The fourth-order valence-electron chi connectivity index (χ4n) is 5.31. The largest absolute Gasteiger partial charge is 0.457 e. The maximum Gasteiger partial charge on any atom is 0.309 e. The van der Waals surface area contributed by atoms with Crippen molar-refractivity contribution in [2.45, 2.75) is 92.1 Å². The van der Waals surface area contributed by atoms with Gasteiger partial charge in [-0.25, -0.2) is 4.98 Å². The number of carbonyl (C=O) groups is 2. The van der Waals surface area contributed by atoms with Crippen molar-refractivity contribution in [1.29, 1.82) is 0 Å². The molecule has 1 aliphatic heterocycles. The van der Waals surface area contributed by atoms with E-state index < -0.39 is 35.6 Å². The maximum absolute atomic E-state index is 13.3. The van der Waals surface area contributed by atoms with Gasteiger partial charge in [-0.3, -0.25) is 9.59 Å². The first-order valence-electron chi connectivity index (χ1n) is 12.8. The van der Waals surface area contributed by atoms with Crippen molar-refractivity contribution in [3.8, 4) is 0 Å². The average Bonchev–Trinajstić information content (AvgIpc) is 3.44. The topological polar surface area (TPSA) is 117 Å². The van der Waals surface area contributed by atoms with E-state index >= 15 is 0 Å². The van der Waals surface area contributed by atoms with E-state index in [-0.39, 0.29) is 24.7 Å². The van der Waals surface area contributed by atoms with Crippen molar-refractivity contribution >= 4 is 29.2 Å². The number of hydrogen-bond acceptors (Lipinski definition) is 8. The van der Waals surface area contributed by atoms with Gasteiger partial charge in [0.05, 0.1) is 36.3 Å². The molecule has 7 nitrogen and oxygen atoms in total. The summed E-state index contributed by atoms with van der Waals surface area (Å²) in [7, 11) is 0. The Morgan fingerprint density at radius 1 is 1.25 bits per heavy atom. The van der Waals surface area contributed by atoms with Gasteiger partial charge in [0.25, 0.3) is 0 Å². The predicted molar refractivity (Wildman–Crippen MR) is 140 cm³/mol. The molecule has 2 unspecified atom stereocenters. The van der Waals surface area contributed by atoms with Crippen LogP contribution in [0, 0.1) is 29.1 Å². The second-order valence-electron chi connectivity index (χ2n) is 11.3. The summed E-state index contributed by atoms with van der Waals surface area (Å²) >= 11 is 1.36. The molecule has 1 aromatic rings. The van der Waals surface area contributed by atoms with Crippen LogP contribution in [0.15, 0.2) is 22.6 Å². The third-order valence-corrected chi connectivity index (χ3v) is 8.92. The quantitative estimate of drug-likeness (QED) is 0.402. The van der Waals surface area contributed by atoms with Crippen LogP contribution in [-0.2, 0) is 20.9 Å². The number of thiazole rings is 1. The van der Waals surface area contributed by atoms with Crippen molar-refractivity contribution in [2.75, 3.05) is 0 Å². The standard InChI is InChI=1S/C28H41NO6S/c1-15-7-8-22(16(2)10-20-14-36-24(13-30)29-20)35-25(32)12-23(31)28(5,6)27(34)18(4)26(33)17(3)21-11-19(21)9-15/h7,10,14,17-19,21-23,26,30-31,33H,8-9,11-13H2,1-6H3/b15-7-,16-10?/t17-,18-,19?,21?,22-,23+,26+/m1/s1. The van der Waals surface area contributed by atoms with Crippen LogP contribution >= 0.6 is 11.3 Å². The lowest BCUT2D eigenvalue weighted by atomic mass is 9.72. The van der Waals surface area contributed by atoms with Crippen LogP contribution in [0.4, 0.5) is 0 Å². The van der Waals surface area contributed by atoms with Crippen molar-refractivity contribution in [3.05, 3.63) is 33.3 Å². The van der Waals surface area contributed by atoms with E-state index in [0.29, 0.717) is 29.0 Å². The third kappa shape index (κ3) is 6.71. The molecule has 0 saturated heterocycles. The van der Waals surface area contributed by atoms with E-state index in [1.54, 1.807) is 20.8 Å². The highest BCUT2D eigenvalue weighted by atomic mass is 32.1. The molecule has 1 aromatic heterocycles. The molecule has 0 aromatic carbocycles. The fourth-order valence-corrected chi connectivity index (χ4v) is 5.92. The number of cyclic esters (lactones) is 1. The molecule has 7 atom stereocenters. The van der Waals surface area contributed by atoms with Gasteiger partial charge in [-0.05, 0) is 56.1 Å². The zero-order valence-corrected chi connectivity index (χ0v) is 23.0. The molecular formula is C28H41NO6S. The number of nitrogens with zero attached hydrogens (tertiary/aromatic N) is 1. The van der Waals surface area contributed by atoms with Gasteiger partial charge >= 0.3 is 5.97 Å². The van der Waals surface area contributed by atoms with Crippen LogP contribution in [0.1, 0.15) is 77.9 Å². The minimum Gasteiger partial charge on any atom is -0.457 e. The highest BCUT2D eigenvalue weighted by molar-refractivity contribution is 7.09. The lowest BCUT2D eigenvalue weighted by molar-refractivity contribution is -0.154. The van der Waals surface area contributed by atoms with Gasteiger partial charge in [0.15, 0.2) is 0 Å². The molecule has 3 rings (SSSR count). The van der Waals surface area contributed by atoms with Crippen LogP contribution in [0.2, 0.25) is 0 Å². The number of fused-ring (bicyclic) bond motifs is 1. The lowest BCUT2D eigenvalue weighted by Gasteiger charge is -2.34. The van der Waals surface area contributed by atoms with Crippen LogP contribution in [0.5, 0.6) is 0 Å². The summed E-state index contributed by atoms with van der Waals surface area (Å²) in [6.45, 7) is 10.8. The third-order valence-electron chi connectivity index (χ3n) is 8.07. The molecule has 0 radical (unpaired) electrons. The number of allylic oxidation sites excluding steroid dienone is 1. The van der Waals surface area contributed by atoms with Gasteiger partial charge in [0.1, 0.15) is 16.9 Å². The number of esters is 1. The van der Waals surface area contributed by atoms with Crippen molar-refractivity contribution in [1.82, 2.24) is 4.98 Å². The minimum absolute atomic E-state index is 0.0209. The number of carbonyl (C=O) groups excluding carboxylic acids is 2. The fraction of sp³-hybridized carbons (Fsp3) is 0.679. The summed E-state index contributed by atoms with van der Waals surface area (Å²) in [6.07, 6.45) is 3.47. The van der Waals surface area contributed by atoms with Crippen molar-refractivity contribution in [2.24, 2.45) is 29.1 Å². The summed E-state index contributed by atoms with van der Waals surface area (Å²) < 4.78 is 5.82. The Balaban J connectivity index is 1.88. The van der Waals surface area contributed by atoms with Crippen molar-refractivity contribution < 1.29 is 29.6 Å². The Morgan fingerprint density at radius 2 is 1.94 bits per heavy atom. The zero-order chi connectivity index (χ0) is 26.8. The number of aromatic nitrogens is 1. The molecule has 0 amide bonds. The van der Waals surface area contributed by atoms with E-state index in [1.165, 1.54) is 16.9 Å². The monoisotopic (exact) mass is 519 g/mol. The summed E-state index contributed by atoms with van der Waals surface area (Å²) in [4.78, 5) is 30.5. The normalized spacial score (nSPS) is 36.0. The molecule has 36 heavy (non-hydrogen) atoms. The number of ketones is 1. The molecule has 2 heterocycles. The van der Waals surface area contributed by atoms with E-state index in [4.69, 9.17) is 4.74 Å². The highest BCUT2D eigenvalue weighted by Crippen LogP contribution is 2.50. The molecular weight excluding hydrogens is 478 g/mol. The van der Waals surface area contributed by atoms with Gasteiger partial charge in [0, 0.05) is 17.7 Å². The Labute approximate surface area is 218 Å². The number of ether oxygens (including phenoxy) is 1. The van der Waals surface area contributed by atoms with Crippen LogP contribution in [0.3, 0.4) is 0 Å². The lowest BCUT2D eigenvalue weighted by Crippen LogP contribution is -2.46. The minimum atomic E-state index is -1.24. The predicted octanol–water partition coefficient (Wildman–Crippen LogP) is 4.31. The van der Waals surface area contributed by atoms with Gasteiger partial charge in [-0.2, -0.15) is 0 Å². The first-order valence-corrected chi connectivity index (χ1v) is 13.7. The first-order chi connectivity index (χ1) is 16.8. The highest BCUT2D eigenvalue weighted by Gasteiger charge is 2.47. The SMILES string of the molecule is CC(=Cc1csc(CO)n1)[C@H]1C/C=C(/C)CC2CC2[C@@H](C)[C@H](O)[C@@H](C)C(=O)C(C)(C)[C@@H](O)CC(=O)O1. The molecule has 1 fully saturated rings. The molecule has 1 aliphatic carbocycles. The summed E-state index contributed by atoms with van der Waals surface area (Å²) in [5.74, 6) is -0.682. The number of Topliss-reactive ketones (excluding diaryl/α,β-unsaturated/α-hetero) is 1. The number of hydrogen-bond donors (Lipinski definition) is 3. The molecule has 1 saturated carbocycles. The average molecular weight is 520 g/mol. The van der Waals surface area contributed by atoms with E-state index in [1.807, 2.05) is 25.3 Å². The Hall–Kier alpha value is -1.87. The molecule has 2 aliphatic rings. The van der Waals surface area contributed by atoms with Crippen LogP contribution in [0.25, 0.3) is 6.08 Å². The van der Waals surface area contributed by atoms with E-state index in [9.17, 15) is 24.9 Å². The first kappa shape index (κ1) is 28.7. The smallest absolute Gasteiger partial charge is 0.309 e. The van der Waals surface area contributed by atoms with Crippen LogP contribution < -0.4 is 0 Å². The molecule has 0 bridgehead atoms. The number of rotatable bonds is 3. The summed E-state index contributed by atoms with van der Waals surface area (Å²) in [5, 5.41) is 33.6. The van der Waals surface area contributed by atoms with Gasteiger partial charge in [-0.1, -0.05) is 39.3 Å². The molecule has 200 valence electrons. The Kier molecular flexibility index (Phi) is 9.30. The van der Waals surface area contributed by atoms with Crippen molar-refractivity contribution in [3.63, 3.8) is 0 Å². The molecule has 8 heteroatoms. The number of aliphatic hydroxyl groups is 3. The van der Waals surface area contributed by atoms with Gasteiger partial charge < -0.3 is 20.1 Å².